The third-order valence-electron chi connectivity index (χ3n) is 5.37. The molecule has 0 saturated carbocycles. The summed E-state index contributed by atoms with van der Waals surface area (Å²) in [5.74, 6) is 1.58. The van der Waals surface area contributed by atoms with E-state index in [0.717, 1.165) is 52.4 Å². The Morgan fingerprint density at radius 1 is 1.15 bits per heavy atom. The lowest BCUT2D eigenvalue weighted by molar-refractivity contribution is 0.415. The zero-order chi connectivity index (χ0) is 18.5. The van der Waals surface area contributed by atoms with Crippen LogP contribution >= 0.6 is 0 Å². The molecule has 5 rings (SSSR count). The number of benzene rings is 2. The van der Waals surface area contributed by atoms with E-state index in [-0.39, 0.29) is 5.56 Å². The van der Waals surface area contributed by atoms with Crippen LogP contribution in [-0.4, -0.2) is 21.6 Å². The summed E-state index contributed by atoms with van der Waals surface area (Å²) < 4.78 is 7.56. The molecule has 0 unspecified atom stereocenters. The van der Waals surface area contributed by atoms with Crippen molar-refractivity contribution in [2.75, 3.05) is 7.11 Å². The molecule has 5 heteroatoms. The summed E-state index contributed by atoms with van der Waals surface area (Å²) in [6.45, 7) is 2.70. The van der Waals surface area contributed by atoms with Crippen LogP contribution in [0.4, 0.5) is 0 Å². The maximum Gasteiger partial charge on any atom is 0.281 e. The molecule has 0 amide bonds. The van der Waals surface area contributed by atoms with E-state index >= 15 is 0 Å². The van der Waals surface area contributed by atoms with Crippen molar-refractivity contribution in [3.05, 3.63) is 70.3 Å². The number of methoxy groups -OCH3 is 1. The van der Waals surface area contributed by atoms with Gasteiger partial charge >= 0.3 is 0 Å². The van der Waals surface area contributed by atoms with Gasteiger partial charge in [0, 0.05) is 17.4 Å². The SMILES string of the molecule is COc1ccc2[nH]c3c(c2c1)CCn1c(C)nc(=O)c(-c2ccccc2)c1-3. The third-order valence-corrected chi connectivity index (χ3v) is 5.37. The first kappa shape index (κ1) is 15.9. The molecule has 0 spiro atoms. The zero-order valence-corrected chi connectivity index (χ0v) is 15.2. The number of hydrogen-bond donors (Lipinski definition) is 1. The molecule has 0 saturated heterocycles. The van der Waals surface area contributed by atoms with Gasteiger partial charge in [0.2, 0.25) is 0 Å². The molecule has 0 atom stereocenters. The van der Waals surface area contributed by atoms with E-state index in [1.54, 1.807) is 7.11 Å². The van der Waals surface area contributed by atoms with Crippen LogP contribution in [0.15, 0.2) is 53.3 Å². The molecule has 5 nitrogen and oxygen atoms in total. The highest BCUT2D eigenvalue weighted by atomic mass is 16.5. The summed E-state index contributed by atoms with van der Waals surface area (Å²) in [7, 11) is 1.68. The molecule has 0 aliphatic carbocycles. The van der Waals surface area contributed by atoms with Crippen molar-refractivity contribution in [2.45, 2.75) is 19.9 Å². The zero-order valence-electron chi connectivity index (χ0n) is 15.2. The molecular formula is C22H19N3O2. The number of aromatic nitrogens is 3. The van der Waals surface area contributed by atoms with E-state index in [4.69, 9.17) is 4.74 Å². The number of nitrogens with one attached hydrogen (secondary N) is 1. The van der Waals surface area contributed by atoms with Gasteiger partial charge in [-0.05, 0) is 42.7 Å². The van der Waals surface area contributed by atoms with Crippen LogP contribution in [0.1, 0.15) is 11.4 Å². The first-order valence-electron chi connectivity index (χ1n) is 9.03. The molecule has 27 heavy (non-hydrogen) atoms. The Bertz CT molecular complexity index is 1240. The third kappa shape index (κ3) is 2.31. The summed E-state index contributed by atoms with van der Waals surface area (Å²) >= 11 is 0. The second kappa shape index (κ2) is 5.84. The topological polar surface area (TPSA) is 59.9 Å². The predicted octanol–water partition coefficient (Wildman–Crippen LogP) is 3.93. The fraction of sp³-hybridized carbons (Fsp3) is 0.182. The number of ether oxygens (including phenoxy) is 1. The fourth-order valence-corrected chi connectivity index (χ4v) is 4.10. The molecule has 0 radical (unpaired) electrons. The summed E-state index contributed by atoms with van der Waals surface area (Å²) in [4.78, 5) is 20.7. The van der Waals surface area contributed by atoms with E-state index in [0.29, 0.717) is 5.56 Å². The van der Waals surface area contributed by atoms with E-state index in [2.05, 4.69) is 20.6 Å². The van der Waals surface area contributed by atoms with E-state index in [1.165, 1.54) is 5.56 Å². The van der Waals surface area contributed by atoms with Gasteiger partial charge in [0.15, 0.2) is 0 Å². The van der Waals surface area contributed by atoms with Crippen LogP contribution in [-0.2, 0) is 13.0 Å². The highest BCUT2D eigenvalue weighted by Crippen LogP contribution is 2.39. The maximum atomic E-state index is 12.9. The van der Waals surface area contributed by atoms with E-state index in [1.807, 2.05) is 49.4 Å². The van der Waals surface area contributed by atoms with Crippen molar-refractivity contribution in [1.29, 1.82) is 0 Å². The molecule has 0 fully saturated rings. The molecule has 0 bridgehead atoms. The number of aryl methyl sites for hydroxylation is 2. The minimum absolute atomic E-state index is 0.186. The molecule has 1 aliphatic heterocycles. The number of H-pyrrole nitrogens is 1. The van der Waals surface area contributed by atoms with Crippen LogP contribution in [0.3, 0.4) is 0 Å². The number of hydrogen-bond acceptors (Lipinski definition) is 3. The standard InChI is InChI=1S/C22H19N3O2/c1-13-23-22(26)19(14-6-4-3-5-7-14)21-20-16(10-11-25(13)21)17-12-15(27-2)8-9-18(17)24-20/h3-9,12,24H,10-11H2,1-2H3. The monoisotopic (exact) mass is 357 g/mol. The summed E-state index contributed by atoms with van der Waals surface area (Å²) in [6.07, 6.45) is 0.884. The Morgan fingerprint density at radius 2 is 1.96 bits per heavy atom. The fourth-order valence-electron chi connectivity index (χ4n) is 4.10. The minimum atomic E-state index is -0.186. The molecule has 2 aromatic heterocycles. The number of fused-ring (bicyclic) bond motifs is 5. The largest absolute Gasteiger partial charge is 0.497 e. The quantitative estimate of drug-likeness (QED) is 0.591. The smallest absolute Gasteiger partial charge is 0.281 e. The second-order valence-electron chi connectivity index (χ2n) is 6.85. The van der Waals surface area contributed by atoms with Crippen LogP contribution in [0.2, 0.25) is 0 Å². The van der Waals surface area contributed by atoms with E-state index < -0.39 is 0 Å². The molecule has 1 aliphatic rings. The second-order valence-corrected chi connectivity index (χ2v) is 6.85. The lowest BCUT2D eigenvalue weighted by Crippen LogP contribution is -2.24. The van der Waals surface area contributed by atoms with Gasteiger partial charge in [-0.3, -0.25) is 4.79 Å². The highest BCUT2D eigenvalue weighted by molar-refractivity contribution is 5.94. The van der Waals surface area contributed by atoms with Gasteiger partial charge in [0.1, 0.15) is 11.6 Å². The Morgan fingerprint density at radius 3 is 2.74 bits per heavy atom. The summed E-state index contributed by atoms with van der Waals surface area (Å²) in [5, 5.41) is 1.15. The van der Waals surface area contributed by atoms with Gasteiger partial charge in [-0.25, -0.2) is 0 Å². The first-order chi connectivity index (χ1) is 13.2. The lowest BCUT2D eigenvalue weighted by Gasteiger charge is -2.24. The van der Waals surface area contributed by atoms with Gasteiger partial charge in [0.05, 0.1) is 24.1 Å². The normalized spacial score (nSPS) is 12.7. The highest BCUT2D eigenvalue weighted by Gasteiger charge is 2.27. The Kier molecular flexibility index (Phi) is 3.44. The lowest BCUT2D eigenvalue weighted by atomic mass is 9.96. The molecule has 2 aromatic carbocycles. The first-order valence-corrected chi connectivity index (χ1v) is 9.03. The van der Waals surface area contributed by atoms with Crippen LogP contribution in [0.25, 0.3) is 33.4 Å². The van der Waals surface area contributed by atoms with Crippen LogP contribution < -0.4 is 10.3 Å². The van der Waals surface area contributed by atoms with Crippen molar-refractivity contribution < 1.29 is 4.74 Å². The van der Waals surface area contributed by atoms with Gasteiger partial charge < -0.3 is 14.3 Å². The molecular weight excluding hydrogens is 338 g/mol. The Balaban J connectivity index is 1.88. The molecule has 134 valence electrons. The summed E-state index contributed by atoms with van der Waals surface area (Å²) in [5.41, 5.74) is 5.57. The molecule has 3 heterocycles. The Labute approximate surface area is 156 Å². The predicted molar refractivity (Wildman–Crippen MR) is 106 cm³/mol. The van der Waals surface area contributed by atoms with Crippen molar-refractivity contribution in [3.8, 4) is 28.3 Å². The Hall–Kier alpha value is -3.34. The van der Waals surface area contributed by atoms with E-state index in [9.17, 15) is 4.79 Å². The average molecular weight is 357 g/mol. The number of rotatable bonds is 2. The van der Waals surface area contributed by atoms with Crippen LogP contribution in [0.5, 0.6) is 5.75 Å². The van der Waals surface area contributed by atoms with Gasteiger partial charge in [-0.1, -0.05) is 30.3 Å². The number of nitrogens with zero attached hydrogens (tertiary/aromatic N) is 2. The molecule has 1 N–H and O–H groups in total. The molecule has 4 aromatic rings. The van der Waals surface area contributed by atoms with Crippen molar-refractivity contribution >= 4 is 10.9 Å². The van der Waals surface area contributed by atoms with Crippen molar-refractivity contribution in [3.63, 3.8) is 0 Å². The average Bonchev–Trinajstić information content (AvgIpc) is 3.07. The van der Waals surface area contributed by atoms with Gasteiger partial charge in [0.25, 0.3) is 5.56 Å². The van der Waals surface area contributed by atoms with Crippen LogP contribution in [0, 0.1) is 6.92 Å². The minimum Gasteiger partial charge on any atom is -0.497 e. The maximum absolute atomic E-state index is 12.9. The summed E-state index contributed by atoms with van der Waals surface area (Å²) in [6, 6.07) is 15.8. The van der Waals surface area contributed by atoms with Gasteiger partial charge in [-0.2, -0.15) is 4.98 Å². The van der Waals surface area contributed by atoms with Crippen molar-refractivity contribution in [1.82, 2.24) is 14.5 Å². The van der Waals surface area contributed by atoms with Gasteiger partial charge in [-0.15, -0.1) is 0 Å². The van der Waals surface area contributed by atoms with Crippen molar-refractivity contribution in [2.24, 2.45) is 0 Å². The number of aromatic amines is 1.